The number of aliphatic carboxylic acids is 5. The number of hydrogen-bond acceptors (Lipinski definition) is 23. The summed E-state index contributed by atoms with van der Waals surface area (Å²) in [6, 6.07) is -7.66. The molecule has 33 nitrogen and oxygen atoms in total. The number of ether oxygens (including phenoxy) is 3. The zero-order chi connectivity index (χ0) is 74.3. The van der Waals surface area contributed by atoms with Crippen LogP contribution in [-0.2, 0) is 101 Å². The molecule has 10 N–H and O–H groups in total. The third-order valence-electron chi connectivity index (χ3n) is 16.1. The van der Waals surface area contributed by atoms with Crippen molar-refractivity contribution in [3.63, 3.8) is 0 Å². The van der Waals surface area contributed by atoms with Gasteiger partial charge in [-0.25, -0.2) is 0 Å². The molecule has 8 amide bonds. The highest BCUT2D eigenvalue weighted by Crippen LogP contribution is 2.26. The Balaban J connectivity index is 2.21. The van der Waals surface area contributed by atoms with E-state index in [1.54, 1.807) is 13.2 Å². The maximum absolute atomic E-state index is 14.2. The summed E-state index contributed by atoms with van der Waals surface area (Å²) in [6.45, 7) is 5.28. The van der Waals surface area contributed by atoms with Crippen LogP contribution in [0.2, 0.25) is 0 Å². The topological polar surface area (TPSA) is 503 Å². The molecule has 2 aliphatic rings. The number of carbonyl (C=O) groups excluding carboxylic acids is 13. The van der Waals surface area contributed by atoms with Gasteiger partial charge in [-0.3, -0.25) is 91.2 Å². The molecule has 0 bridgehead atoms. The Morgan fingerprint density at radius 1 is 0.556 bits per heavy atom. The number of carboxylic acid groups (broad SMARTS) is 5. The number of imide groups is 1. The Kier molecular flexibility index (Phi) is 41.7. The molecule has 0 saturated carbocycles. The summed E-state index contributed by atoms with van der Waals surface area (Å²) in [5.74, 6) is -19.2. The fourth-order valence-corrected chi connectivity index (χ4v) is 12.4. The number of nitrogens with zero attached hydrogens (tertiary/aromatic N) is 2. The standard InChI is InChI=1S/C64H97N7O26S2/c1-6-46(72)44(36-98-5)66-52(77)17-16-48(74)43(31-37(2)3)69-63(93)45-9-7-24-70(45)55(80)35-97-26-8-10-47(73)40(13-20-58(85)86)67-61(91)39(12-19-57(83)84)33-50(76)42(15-22-60(89)90)68-62(92)38(11-18-56(81)82)32-49(75)41(14-21-59(87)88)65-53(78)23-25-71-54(79)34-51(64(71)94)99-30-29-96-28-27-95-4/h37-45,51H,6-36H2,1-5H3,(H,65,78)(H,66,77)(H,67,91)(H,68,92)(H,69,93)(H,81,82)(H,83,84)(H,85,86)(H,87,88)(H,89,90)/t38-,39-,40+,41+,42+,43-,44-,45-,51?/m0/s1. The van der Waals surface area contributed by atoms with Crippen LogP contribution in [0, 0.1) is 17.8 Å². The van der Waals surface area contributed by atoms with E-state index in [0.29, 0.717) is 31.1 Å². The van der Waals surface area contributed by atoms with E-state index in [1.807, 2.05) is 13.8 Å². The van der Waals surface area contributed by atoms with Crippen molar-refractivity contribution in [2.24, 2.45) is 17.8 Å². The van der Waals surface area contributed by atoms with Gasteiger partial charge >= 0.3 is 29.8 Å². The van der Waals surface area contributed by atoms with E-state index in [9.17, 15) is 112 Å². The van der Waals surface area contributed by atoms with Crippen molar-refractivity contribution >= 4 is 130 Å². The number of thioether (sulfide) groups is 2. The largest absolute Gasteiger partial charge is 0.481 e. The first-order chi connectivity index (χ1) is 46.8. The lowest BCUT2D eigenvalue weighted by Gasteiger charge is -2.27. The summed E-state index contributed by atoms with van der Waals surface area (Å²) in [5.41, 5.74) is 0. The lowest BCUT2D eigenvalue weighted by molar-refractivity contribution is -0.142. The van der Waals surface area contributed by atoms with Crippen LogP contribution in [-0.4, -0.2) is 254 Å². The molecule has 0 radical (unpaired) electrons. The fourth-order valence-electron chi connectivity index (χ4n) is 10.8. The molecule has 35 heteroatoms. The Morgan fingerprint density at radius 2 is 1.06 bits per heavy atom. The summed E-state index contributed by atoms with van der Waals surface area (Å²) in [7, 11) is 1.50. The maximum atomic E-state index is 14.2. The van der Waals surface area contributed by atoms with Crippen LogP contribution in [0.5, 0.6) is 0 Å². The van der Waals surface area contributed by atoms with Crippen molar-refractivity contribution in [2.75, 3.05) is 71.0 Å². The number of likely N-dealkylation sites (tertiary alicyclic amines) is 2. The number of ketones is 5. The van der Waals surface area contributed by atoms with Gasteiger partial charge in [0.05, 0.1) is 55.3 Å². The molecule has 99 heavy (non-hydrogen) atoms. The molecular weight excluding hydrogens is 1350 g/mol. The molecule has 2 fully saturated rings. The quantitative estimate of drug-likeness (QED) is 0.0299. The van der Waals surface area contributed by atoms with Gasteiger partial charge in [0.15, 0.2) is 28.9 Å². The van der Waals surface area contributed by atoms with Crippen LogP contribution >= 0.6 is 23.5 Å². The number of rotatable bonds is 56. The second-order valence-corrected chi connectivity index (χ2v) is 26.6. The molecule has 2 saturated heterocycles. The first-order valence-electron chi connectivity index (χ1n) is 32.9. The highest BCUT2D eigenvalue weighted by atomic mass is 32.2. The predicted molar refractivity (Wildman–Crippen MR) is 352 cm³/mol. The Bertz CT molecular complexity index is 2840. The van der Waals surface area contributed by atoms with Gasteiger partial charge in [-0.2, -0.15) is 11.8 Å². The number of nitrogens with one attached hydrogen (secondary N) is 5. The summed E-state index contributed by atoms with van der Waals surface area (Å²) in [4.78, 5) is 236. The van der Waals surface area contributed by atoms with E-state index in [-0.39, 0.29) is 82.8 Å². The van der Waals surface area contributed by atoms with Crippen LogP contribution in [0.4, 0.5) is 0 Å². The summed E-state index contributed by atoms with van der Waals surface area (Å²) in [5, 5.41) is 59.6. The lowest BCUT2D eigenvalue weighted by atomic mass is 9.89. The lowest BCUT2D eigenvalue weighted by Crippen LogP contribution is -2.52. The van der Waals surface area contributed by atoms with Gasteiger partial charge in [0.2, 0.25) is 47.3 Å². The zero-order valence-electron chi connectivity index (χ0n) is 56.7. The molecule has 0 aromatic heterocycles. The molecule has 2 rings (SSSR count). The SMILES string of the molecule is CCC(=O)[C@H](CSC)NC(=O)CCC(=O)[C@H](CC(C)C)NC(=O)[C@@H]1CCCN1C(=O)COCCCC(=O)[C@@H](CCC(=O)O)NC(=O)[C@@H](CCC(=O)O)CC(=O)[C@@H](CCC(=O)O)NC(=O)[C@@H](CCC(=O)O)CC(=O)[C@@H](CCC(=O)O)NC(=O)CCN1C(=O)CC(SCCOCCOC)C1=O. The fraction of sp³-hybridized carbons (Fsp3) is 0.719. The molecule has 0 aliphatic carbocycles. The molecule has 1 unspecified atom stereocenters. The number of carboxylic acids is 5. The van der Waals surface area contributed by atoms with Gasteiger partial charge in [-0.1, -0.05) is 20.8 Å². The summed E-state index contributed by atoms with van der Waals surface area (Å²) in [6.07, 6.45) is -7.09. The van der Waals surface area contributed by atoms with E-state index in [2.05, 4.69) is 26.6 Å². The van der Waals surface area contributed by atoms with Gasteiger partial charge in [0.25, 0.3) is 0 Å². The summed E-state index contributed by atoms with van der Waals surface area (Å²) >= 11 is 2.56. The van der Waals surface area contributed by atoms with Crippen molar-refractivity contribution < 1.29 is 126 Å². The van der Waals surface area contributed by atoms with Crippen LogP contribution < -0.4 is 26.6 Å². The van der Waals surface area contributed by atoms with Crippen LogP contribution in [0.3, 0.4) is 0 Å². The number of amides is 8. The number of Topliss-reactive ketones (excluding diaryl/α,β-unsaturated/α-hetero) is 5. The van der Waals surface area contributed by atoms with E-state index in [0.717, 1.165) is 4.90 Å². The minimum atomic E-state index is -1.81. The number of hydrogen-bond donors (Lipinski definition) is 10. The van der Waals surface area contributed by atoms with Gasteiger partial charge in [0.1, 0.15) is 12.6 Å². The first-order valence-corrected chi connectivity index (χ1v) is 35.4. The molecule has 0 aromatic carbocycles. The zero-order valence-corrected chi connectivity index (χ0v) is 58.3. The van der Waals surface area contributed by atoms with Crippen LogP contribution in [0.1, 0.15) is 162 Å². The highest BCUT2D eigenvalue weighted by Gasteiger charge is 2.40. The third kappa shape index (κ3) is 34.7. The van der Waals surface area contributed by atoms with Crippen molar-refractivity contribution in [2.45, 2.75) is 204 Å². The average Bonchev–Trinajstić information content (AvgIpc) is 1.76. The third-order valence-corrected chi connectivity index (χ3v) is 17.9. The Morgan fingerprint density at radius 3 is 1.58 bits per heavy atom. The molecular formula is C64H97N7O26S2. The van der Waals surface area contributed by atoms with E-state index in [4.69, 9.17) is 14.2 Å². The molecule has 0 aromatic rings. The van der Waals surface area contributed by atoms with Gasteiger partial charge in [-0.05, 0) is 70.0 Å². The summed E-state index contributed by atoms with van der Waals surface area (Å²) < 4.78 is 15.9. The van der Waals surface area contributed by atoms with E-state index < -0.39 is 250 Å². The predicted octanol–water partition coefficient (Wildman–Crippen LogP) is 0.893. The molecule has 556 valence electrons. The smallest absolute Gasteiger partial charge is 0.303 e. The van der Waals surface area contributed by atoms with Crippen LogP contribution in [0.25, 0.3) is 0 Å². The molecule has 2 heterocycles. The average molecular weight is 1440 g/mol. The Labute approximate surface area is 581 Å². The second kappa shape index (κ2) is 47.3. The van der Waals surface area contributed by atoms with Crippen molar-refractivity contribution in [3.05, 3.63) is 0 Å². The van der Waals surface area contributed by atoms with Crippen molar-refractivity contribution in [1.82, 2.24) is 36.4 Å². The minimum Gasteiger partial charge on any atom is -0.481 e. The van der Waals surface area contributed by atoms with E-state index >= 15 is 0 Å². The number of methoxy groups -OCH3 is 1. The second-order valence-electron chi connectivity index (χ2n) is 24.4. The van der Waals surface area contributed by atoms with Gasteiger partial charge < -0.3 is 71.2 Å². The van der Waals surface area contributed by atoms with Gasteiger partial charge in [0, 0.05) is 134 Å². The monoisotopic (exact) mass is 1440 g/mol. The first kappa shape index (κ1) is 87.3. The van der Waals surface area contributed by atoms with E-state index in [1.165, 1.54) is 35.5 Å². The van der Waals surface area contributed by atoms with Gasteiger partial charge in [-0.15, -0.1) is 11.8 Å². The normalized spacial score (nSPS) is 16.5. The van der Waals surface area contributed by atoms with Crippen molar-refractivity contribution in [3.8, 4) is 0 Å². The molecule has 2 aliphatic heterocycles. The maximum Gasteiger partial charge on any atom is 0.303 e. The van der Waals surface area contributed by atoms with Crippen molar-refractivity contribution in [1.29, 1.82) is 0 Å². The number of carbonyl (C=O) groups is 18. The van der Waals surface area contributed by atoms with Crippen LogP contribution in [0.15, 0.2) is 0 Å². The highest BCUT2D eigenvalue weighted by molar-refractivity contribution is 8.00. The minimum absolute atomic E-state index is 0.0557. The Hall–Kier alpha value is -7.76. The molecule has 0 spiro atoms. The molecule has 9 atom stereocenters.